The number of aliphatic hydroxyl groups is 8. The average molecular weight is 829 g/mol. The lowest BCUT2D eigenvalue weighted by Gasteiger charge is -2.46. The second-order valence-corrected chi connectivity index (χ2v) is 13.9. The summed E-state index contributed by atoms with van der Waals surface area (Å²) in [5.74, 6) is -3.59. The Bertz CT molecular complexity index is 1990. The van der Waals surface area contributed by atoms with Gasteiger partial charge in [0.2, 0.25) is 17.5 Å². The van der Waals surface area contributed by atoms with Crippen molar-refractivity contribution >= 4 is 16.9 Å². The van der Waals surface area contributed by atoms with Crippen LogP contribution in [0, 0.1) is 0 Å². The van der Waals surface area contributed by atoms with E-state index in [4.69, 9.17) is 42.3 Å². The van der Waals surface area contributed by atoms with Crippen LogP contribution in [0.5, 0.6) is 28.7 Å². The van der Waals surface area contributed by atoms with Gasteiger partial charge in [-0.15, -0.1) is 0 Å². The molecule has 0 saturated carbocycles. The molecule has 2 aromatic carbocycles. The number of ether oxygens (including phenoxy) is 8. The average Bonchev–Trinajstić information content (AvgIpc) is 3.18. The Morgan fingerprint density at radius 1 is 0.759 bits per heavy atom. The molecular formula is C36H44O22. The quantitative estimate of drug-likeness (QED) is 0.0859. The lowest BCUT2D eigenvalue weighted by atomic mass is 9.97. The summed E-state index contributed by atoms with van der Waals surface area (Å²) in [7, 11) is 1.24. The van der Waals surface area contributed by atoms with Gasteiger partial charge in [0.1, 0.15) is 77.4 Å². The molecule has 6 rings (SSSR count). The summed E-state index contributed by atoms with van der Waals surface area (Å²) in [5, 5.41) is 116. The summed E-state index contributed by atoms with van der Waals surface area (Å²) in [5.41, 5.74) is -1.40. The first-order valence-corrected chi connectivity index (χ1v) is 17.8. The molecule has 1 aromatic heterocycles. The predicted octanol–water partition coefficient (Wildman–Crippen LogP) is -2.99. The standard InChI is InChI=1S/C36H44O22/c1-11-30(53-12(2)38)27(47)29(49)35(52-11)58-33-26(46)23(43)20(10-51-34-28(48)25(45)22(42)19(9-37)55-34)56-36(33)57-32-24(44)21-16(41)7-14(39)8-18(21)54-31(32)13-4-5-15(40)17(6-13)50-3/h4-8,11,19-20,22-23,25-30,33-37,39-43,45-49H,9-10H2,1-3H3/t11-,19+,20+,22+,23+,25-,26-,27+,28+,29-,30-,33+,34+,35-,36-/m0/s1. The van der Waals surface area contributed by atoms with E-state index in [1.54, 1.807) is 0 Å². The van der Waals surface area contributed by atoms with Crippen LogP contribution in [-0.2, 0) is 33.2 Å². The van der Waals surface area contributed by atoms with E-state index in [2.05, 4.69) is 0 Å². The number of fused-ring (bicyclic) bond motifs is 1. The SMILES string of the molecule is COc1cc(-c2oc3cc(O)cc(O)c3c(=O)c2O[C@@H]2O[C@H](CO[C@@H]3O[C@H](CO)[C@@H](O)[C@H](O)[C@H]3O)[C@@H](O)[C@H](O)[C@H]2O[C@@H]2O[C@@H](C)[C@H](OC(C)=O)[C@H](O)[C@@H]2O)ccc1O. The Hall–Kier alpha value is -4.40. The second kappa shape index (κ2) is 17.4. The van der Waals surface area contributed by atoms with Crippen molar-refractivity contribution in [3.63, 3.8) is 0 Å². The highest BCUT2D eigenvalue weighted by Gasteiger charge is 2.53. The van der Waals surface area contributed by atoms with Crippen molar-refractivity contribution in [1.82, 2.24) is 0 Å². The Morgan fingerprint density at radius 3 is 2.09 bits per heavy atom. The molecule has 0 radical (unpaired) electrons. The van der Waals surface area contributed by atoms with Crippen molar-refractivity contribution in [1.29, 1.82) is 0 Å². The van der Waals surface area contributed by atoms with Crippen LogP contribution >= 0.6 is 0 Å². The maximum absolute atomic E-state index is 14.2. The predicted molar refractivity (Wildman–Crippen MR) is 187 cm³/mol. The highest BCUT2D eigenvalue weighted by atomic mass is 16.8. The largest absolute Gasteiger partial charge is 0.508 e. The Kier molecular flexibility index (Phi) is 13.0. The van der Waals surface area contributed by atoms with Gasteiger partial charge in [-0.1, -0.05) is 0 Å². The molecule has 3 saturated heterocycles. The topological polar surface area (TPSA) is 344 Å². The Labute approximate surface area is 327 Å². The highest BCUT2D eigenvalue weighted by Crippen LogP contribution is 2.40. The van der Waals surface area contributed by atoms with Crippen LogP contribution in [0.1, 0.15) is 13.8 Å². The lowest BCUT2D eigenvalue weighted by molar-refractivity contribution is -0.360. The number of rotatable bonds is 11. The number of aliphatic hydroxyl groups excluding tert-OH is 8. The molecular weight excluding hydrogens is 784 g/mol. The minimum atomic E-state index is -2.09. The molecule has 3 aliphatic heterocycles. The molecule has 0 bridgehead atoms. The highest BCUT2D eigenvalue weighted by molar-refractivity contribution is 5.88. The third-order valence-electron chi connectivity index (χ3n) is 9.88. The maximum atomic E-state index is 14.2. The van der Waals surface area contributed by atoms with Crippen LogP contribution in [-0.4, -0.2) is 175 Å². The Morgan fingerprint density at radius 2 is 1.41 bits per heavy atom. The van der Waals surface area contributed by atoms with Crippen molar-refractivity contribution in [3.05, 3.63) is 40.6 Å². The first-order chi connectivity index (χ1) is 27.4. The van der Waals surface area contributed by atoms with Crippen molar-refractivity contribution in [2.75, 3.05) is 20.3 Å². The molecule has 0 unspecified atom stereocenters. The van der Waals surface area contributed by atoms with E-state index in [9.17, 15) is 65.8 Å². The van der Waals surface area contributed by atoms with Crippen LogP contribution in [0.3, 0.4) is 0 Å². The van der Waals surface area contributed by atoms with Crippen molar-refractivity contribution in [2.45, 2.75) is 106 Å². The van der Waals surface area contributed by atoms with Gasteiger partial charge in [-0.3, -0.25) is 9.59 Å². The monoisotopic (exact) mass is 828 g/mol. The minimum Gasteiger partial charge on any atom is -0.508 e. The van der Waals surface area contributed by atoms with Crippen LogP contribution in [0.15, 0.2) is 39.5 Å². The van der Waals surface area contributed by atoms with E-state index in [0.717, 1.165) is 19.1 Å². The zero-order chi connectivity index (χ0) is 42.3. The Balaban J connectivity index is 1.40. The summed E-state index contributed by atoms with van der Waals surface area (Å²) in [6.07, 6.45) is -26.4. The van der Waals surface area contributed by atoms with E-state index >= 15 is 0 Å². The van der Waals surface area contributed by atoms with Gasteiger partial charge in [0, 0.05) is 24.6 Å². The molecule has 0 amide bonds. The number of hydrogen-bond donors (Lipinski definition) is 11. The molecule has 11 N–H and O–H groups in total. The molecule has 4 heterocycles. The van der Waals surface area contributed by atoms with Gasteiger partial charge < -0.3 is 98.5 Å². The summed E-state index contributed by atoms with van der Waals surface area (Å²) in [6, 6.07) is 5.59. The second-order valence-electron chi connectivity index (χ2n) is 13.9. The molecule has 15 atom stereocenters. The molecule has 3 fully saturated rings. The number of carbonyl (C=O) groups excluding carboxylic acids is 1. The van der Waals surface area contributed by atoms with E-state index in [1.165, 1.54) is 32.2 Å². The van der Waals surface area contributed by atoms with Crippen LogP contribution in [0.4, 0.5) is 0 Å². The molecule has 320 valence electrons. The summed E-state index contributed by atoms with van der Waals surface area (Å²) < 4.78 is 50.8. The van der Waals surface area contributed by atoms with Crippen LogP contribution in [0.2, 0.25) is 0 Å². The molecule has 3 aromatic rings. The zero-order valence-electron chi connectivity index (χ0n) is 30.9. The molecule has 22 heteroatoms. The number of hydrogen-bond acceptors (Lipinski definition) is 22. The number of esters is 1. The molecule has 22 nitrogen and oxygen atoms in total. The van der Waals surface area contributed by atoms with Crippen LogP contribution < -0.4 is 14.9 Å². The number of carbonyl (C=O) groups is 1. The first kappa shape index (κ1) is 43.2. The summed E-state index contributed by atoms with van der Waals surface area (Å²) in [6.45, 7) is 0.887. The summed E-state index contributed by atoms with van der Waals surface area (Å²) >= 11 is 0. The van der Waals surface area contributed by atoms with Gasteiger partial charge in [0.25, 0.3) is 0 Å². The molecule has 3 aliphatic rings. The van der Waals surface area contributed by atoms with Crippen molar-refractivity contribution in [3.8, 4) is 40.1 Å². The van der Waals surface area contributed by atoms with E-state index < -0.39 is 145 Å². The minimum absolute atomic E-state index is 0.0161. The van der Waals surface area contributed by atoms with Gasteiger partial charge in [-0.05, 0) is 25.1 Å². The fourth-order valence-corrected chi connectivity index (χ4v) is 6.81. The lowest BCUT2D eigenvalue weighted by Crippen LogP contribution is -2.65. The van der Waals surface area contributed by atoms with E-state index in [0.29, 0.717) is 0 Å². The summed E-state index contributed by atoms with van der Waals surface area (Å²) in [4.78, 5) is 25.9. The number of methoxy groups -OCH3 is 1. The van der Waals surface area contributed by atoms with Crippen molar-refractivity contribution in [2.24, 2.45) is 0 Å². The van der Waals surface area contributed by atoms with E-state index in [1.807, 2.05) is 0 Å². The maximum Gasteiger partial charge on any atom is 0.303 e. The molecule has 0 aliphatic carbocycles. The number of phenols is 3. The van der Waals surface area contributed by atoms with Gasteiger partial charge in [0.15, 0.2) is 42.0 Å². The normalized spacial score (nSPS) is 35.4. The molecule has 58 heavy (non-hydrogen) atoms. The fraction of sp³-hybridized carbons (Fsp3) is 0.556. The smallest absolute Gasteiger partial charge is 0.303 e. The van der Waals surface area contributed by atoms with E-state index in [-0.39, 0.29) is 22.6 Å². The number of phenolic OH excluding ortho intramolecular Hbond substituents is 3. The van der Waals surface area contributed by atoms with Gasteiger partial charge in [0.05, 0.1) is 26.4 Å². The third-order valence-corrected chi connectivity index (χ3v) is 9.88. The zero-order valence-corrected chi connectivity index (χ0v) is 30.9. The third kappa shape index (κ3) is 8.37. The molecule has 0 spiro atoms. The number of aromatic hydroxyl groups is 3. The van der Waals surface area contributed by atoms with Gasteiger partial charge in [-0.25, -0.2) is 0 Å². The van der Waals surface area contributed by atoms with Crippen molar-refractivity contribution < 1.29 is 103 Å². The fourth-order valence-electron chi connectivity index (χ4n) is 6.81. The first-order valence-electron chi connectivity index (χ1n) is 17.8. The van der Waals surface area contributed by atoms with Gasteiger partial charge >= 0.3 is 5.97 Å². The number of benzene rings is 2. The van der Waals surface area contributed by atoms with Gasteiger partial charge in [-0.2, -0.15) is 0 Å². The van der Waals surface area contributed by atoms with Crippen LogP contribution in [0.25, 0.3) is 22.3 Å².